The van der Waals surface area contributed by atoms with Gasteiger partial charge in [0.25, 0.3) is 0 Å². The fraction of sp³-hybridized carbons (Fsp3) is 0.600. The maximum absolute atomic E-state index is 5.78. The average molecular weight is 263 g/mol. The summed E-state index contributed by atoms with van der Waals surface area (Å²) in [6, 6.07) is 8.86. The molecule has 1 unspecified atom stereocenters. The number of anilines is 1. The normalized spacial score (nSPS) is 21.2. The van der Waals surface area contributed by atoms with Gasteiger partial charge in [-0.2, -0.15) is 0 Å². The lowest BCUT2D eigenvalue weighted by molar-refractivity contribution is 0.326. The van der Waals surface area contributed by atoms with Crippen molar-refractivity contribution < 1.29 is 4.74 Å². The van der Waals surface area contributed by atoms with Gasteiger partial charge < -0.3 is 20.3 Å². The molecule has 106 valence electrons. The summed E-state index contributed by atoms with van der Waals surface area (Å²) in [7, 11) is 3.90. The molecule has 4 heteroatoms. The summed E-state index contributed by atoms with van der Waals surface area (Å²) in [6.07, 6.45) is 2.24. The molecule has 1 heterocycles. The van der Waals surface area contributed by atoms with Crippen LogP contribution >= 0.6 is 0 Å². The number of ether oxygens (including phenoxy) is 1. The molecule has 1 aliphatic heterocycles. The van der Waals surface area contributed by atoms with E-state index in [2.05, 4.69) is 29.0 Å². The van der Waals surface area contributed by atoms with Crippen LogP contribution in [0.2, 0.25) is 0 Å². The number of nitrogens with zero attached hydrogens (tertiary/aromatic N) is 2. The van der Waals surface area contributed by atoms with Gasteiger partial charge in [0.2, 0.25) is 0 Å². The van der Waals surface area contributed by atoms with Gasteiger partial charge >= 0.3 is 0 Å². The van der Waals surface area contributed by atoms with E-state index in [1.165, 1.54) is 12.1 Å². The first-order valence-electron chi connectivity index (χ1n) is 7.04. The molecule has 0 radical (unpaired) electrons. The van der Waals surface area contributed by atoms with Crippen LogP contribution in [0.5, 0.6) is 5.75 Å². The lowest BCUT2D eigenvalue weighted by atomic mass is 10.1. The smallest absolute Gasteiger partial charge is 0.119 e. The molecule has 0 saturated carbocycles. The van der Waals surface area contributed by atoms with Gasteiger partial charge in [0.1, 0.15) is 5.75 Å². The molecular weight excluding hydrogens is 238 g/mol. The van der Waals surface area contributed by atoms with Crippen LogP contribution in [0.1, 0.15) is 12.8 Å². The third-order valence-corrected chi connectivity index (χ3v) is 3.81. The van der Waals surface area contributed by atoms with Crippen molar-refractivity contribution >= 4 is 5.69 Å². The summed E-state index contributed by atoms with van der Waals surface area (Å²) in [5, 5.41) is 0. The molecule has 2 N–H and O–H groups in total. The molecule has 0 aliphatic carbocycles. The van der Waals surface area contributed by atoms with Gasteiger partial charge in [-0.05, 0) is 57.2 Å². The number of nitrogens with two attached hydrogens (primary N) is 1. The summed E-state index contributed by atoms with van der Waals surface area (Å²) < 4.78 is 5.23. The monoisotopic (exact) mass is 263 g/mol. The Morgan fingerprint density at radius 2 is 2.00 bits per heavy atom. The molecule has 19 heavy (non-hydrogen) atoms. The quantitative estimate of drug-likeness (QED) is 0.895. The van der Waals surface area contributed by atoms with Gasteiger partial charge in [-0.1, -0.05) is 0 Å². The predicted molar refractivity (Wildman–Crippen MR) is 79.9 cm³/mol. The molecule has 0 amide bonds. The summed E-state index contributed by atoms with van der Waals surface area (Å²) in [5.74, 6) is 0.908. The average Bonchev–Trinajstić information content (AvgIpc) is 2.61. The molecule has 1 atom stereocenters. The van der Waals surface area contributed by atoms with Crippen LogP contribution in [0.25, 0.3) is 0 Å². The van der Waals surface area contributed by atoms with Gasteiger partial charge in [0.05, 0.1) is 7.11 Å². The van der Waals surface area contributed by atoms with Crippen LogP contribution in [-0.2, 0) is 0 Å². The molecule has 1 aromatic carbocycles. The van der Waals surface area contributed by atoms with E-state index < -0.39 is 0 Å². The Morgan fingerprint density at radius 3 is 2.63 bits per heavy atom. The minimum absolute atomic E-state index is 0.505. The van der Waals surface area contributed by atoms with E-state index in [0.29, 0.717) is 6.04 Å². The molecule has 4 nitrogen and oxygen atoms in total. The van der Waals surface area contributed by atoms with Gasteiger partial charge in [-0.25, -0.2) is 0 Å². The number of methoxy groups -OCH3 is 1. The molecular formula is C15H25N3O. The molecule has 0 bridgehead atoms. The van der Waals surface area contributed by atoms with Crippen LogP contribution in [0, 0.1) is 0 Å². The van der Waals surface area contributed by atoms with Gasteiger partial charge in [0.15, 0.2) is 0 Å². The van der Waals surface area contributed by atoms with Crippen LogP contribution in [0.4, 0.5) is 5.69 Å². The summed E-state index contributed by atoms with van der Waals surface area (Å²) in [5.41, 5.74) is 7.05. The van der Waals surface area contributed by atoms with E-state index in [4.69, 9.17) is 10.5 Å². The number of rotatable bonds is 4. The SMILES string of the molecule is COc1ccc(N2CCCN(C)CC2CCN)cc1. The van der Waals surface area contributed by atoms with E-state index in [0.717, 1.165) is 38.3 Å². The predicted octanol–water partition coefficient (Wildman–Crippen LogP) is 1.55. The highest BCUT2D eigenvalue weighted by Crippen LogP contribution is 2.24. The second-order valence-electron chi connectivity index (χ2n) is 5.24. The highest BCUT2D eigenvalue weighted by atomic mass is 16.5. The summed E-state index contributed by atoms with van der Waals surface area (Å²) >= 11 is 0. The first kappa shape index (κ1) is 14.2. The minimum atomic E-state index is 0.505. The van der Waals surface area contributed by atoms with Crippen LogP contribution in [0.15, 0.2) is 24.3 Å². The van der Waals surface area contributed by atoms with Crippen molar-refractivity contribution in [3.8, 4) is 5.75 Å². The molecule has 0 aromatic heterocycles. The molecule has 0 spiro atoms. The van der Waals surface area contributed by atoms with Crippen molar-refractivity contribution in [2.45, 2.75) is 18.9 Å². The van der Waals surface area contributed by atoms with Gasteiger partial charge in [-0.15, -0.1) is 0 Å². The van der Waals surface area contributed by atoms with Gasteiger partial charge in [-0.3, -0.25) is 0 Å². The Hall–Kier alpha value is -1.26. The second kappa shape index (κ2) is 6.78. The first-order chi connectivity index (χ1) is 9.24. The van der Waals surface area contributed by atoms with E-state index in [-0.39, 0.29) is 0 Å². The third-order valence-electron chi connectivity index (χ3n) is 3.81. The zero-order valence-corrected chi connectivity index (χ0v) is 12.0. The molecule has 2 rings (SSSR count). The van der Waals surface area contributed by atoms with Crippen molar-refractivity contribution in [2.24, 2.45) is 5.73 Å². The third kappa shape index (κ3) is 3.61. The highest BCUT2D eigenvalue weighted by Gasteiger charge is 2.22. The van der Waals surface area contributed by atoms with Crippen molar-refractivity contribution in [3.63, 3.8) is 0 Å². The van der Waals surface area contributed by atoms with Crippen molar-refractivity contribution in [2.75, 3.05) is 45.2 Å². The van der Waals surface area contributed by atoms with Gasteiger partial charge in [0, 0.05) is 24.8 Å². The van der Waals surface area contributed by atoms with E-state index in [1.54, 1.807) is 7.11 Å². The Bertz CT molecular complexity index is 379. The molecule has 1 aliphatic rings. The Kier molecular flexibility index (Phi) is 5.05. The van der Waals surface area contributed by atoms with E-state index >= 15 is 0 Å². The largest absolute Gasteiger partial charge is 0.497 e. The highest BCUT2D eigenvalue weighted by molar-refractivity contribution is 5.50. The summed E-state index contributed by atoms with van der Waals surface area (Å²) in [6.45, 7) is 4.09. The molecule has 1 saturated heterocycles. The lowest BCUT2D eigenvalue weighted by Crippen LogP contribution is -2.41. The zero-order chi connectivity index (χ0) is 13.7. The number of hydrogen-bond acceptors (Lipinski definition) is 4. The van der Waals surface area contributed by atoms with Crippen molar-refractivity contribution in [1.29, 1.82) is 0 Å². The van der Waals surface area contributed by atoms with E-state index in [9.17, 15) is 0 Å². The van der Waals surface area contributed by atoms with Crippen LogP contribution in [-0.4, -0.2) is 51.3 Å². The maximum atomic E-state index is 5.78. The lowest BCUT2D eigenvalue weighted by Gasteiger charge is -2.32. The fourth-order valence-electron chi connectivity index (χ4n) is 2.80. The van der Waals surface area contributed by atoms with Crippen molar-refractivity contribution in [3.05, 3.63) is 24.3 Å². The molecule has 1 fully saturated rings. The Labute approximate surface area is 116 Å². The Balaban J connectivity index is 2.17. The van der Waals surface area contributed by atoms with Crippen LogP contribution < -0.4 is 15.4 Å². The number of hydrogen-bond donors (Lipinski definition) is 1. The fourth-order valence-corrected chi connectivity index (χ4v) is 2.80. The minimum Gasteiger partial charge on any atom is -0.497 e. The zero-order valence-electron chi connectivity index (χ0n) is 12.0. The van der Waals surface area contributed by atoms with Crippen LogP contribution in [0.3, 0.4) is 0 Å². The maximum Gasteiger partial charge on any atom is 0.119 e. The second-order valence-corrected chi connectivity index (χ2v) is 5.24. The standard InChI is InChI=1S/C15H25N3O/c1-17-10-3-11-18(14(12-17)8-9-16)13-4-6-15(19-2)7-5-13/h4-7,14H,3,8-12,16H2,1-2H3. The van der Waals surface area contributed by atoms with E-state index in [1.807, 2.05) is 12.1 Å². The first-order valence-corrected chi connectivity index (χ1v) is 7.04. The van der Waals surface area contributed by atoms with Crippen molar-refractivity contribution in [1.82, 2.24) is 4.90 Å². The number of benzene rings is 1. The molecule has 1 aromatic rings. The summed E-state index contributed by atoms with van der Waals surface area (Å²) in [4.78, 5) is 4.90. The Morgan fingerprint density at radius 1 is 1.26 bits per heavy atom. The topological polar surface area (TPSA) is 41.7 Å². The number of likely N-dealkylation sites (N-methyl/N-ethyl adjacent to an activating group) is 1.